The van der Waals surface area contributed by atoms with Crippen LogP contribution >= 0.6 is 12.0 Å². The molecule has 0 saturated carbocycles. The molecular weight excluding hydrogens is 180 g/mol. The van der Waals surface area contributed by atoms with E-state index in [1.807, 2.05) is 0 Å². The lowest BCUT2D eigenvalue weighted by Gasteiger charge is -2.06. The van der Waals surface area contributed by atoms with Crippen molar-refractivity contribution in [3.8, 4) is 0 Å². The second kappa shape index (κ2) is 8.89. The summed E-state index contributed by atoms with van der Waals surface area (Å²) in [6, 6.07) is 0. The minimum Gasteiger partial charge on any atom is -0.315 e. The van der Waals surface area contributed by atoms with Gasteiger partial charge < -0.3 is 4.18 Å². The minimum absolute atomic E-state index is 0.798. The maximum absolute atomic E-state index is 5.45. The summed E-state index contributed by atoms with van der Waals surface area (Å²) < 4.78 is 5.45. The van der Waals surface area contributed by atoms with Crippen molar-refractivity contribution in [1.82, 2.24) is 0 Å². The first-order valence-corrected chi connectivity index (χ1v) is 6.28. The van der Waals surface area contributed by atoms with Crippen LogP contribution in [0.2, 0.25) is 0 Å². The van der Waals surface area contributed by atoms with Crippen LogP contribution < -0.4 is 0 Å². The van der Waals surface area contributed by atoms with Crippen molar-refractivity contribution >= 4 is 12.0 Å². The SMILES string of the molecule is CC(C)CCCOSCCC(C)C. The normalized spacial score (nSPS) is 11.5. The molecule has 0 rings (SSSR count). The fourth-order valence-electron chi connectivity index (χ4n) is 0.952. The minimum atomic E-state index is 0.798. The van der Waals surface area contributed by atoms with E-state index in [1.165, 1.54) is 19.3 Å². The number of hydrogen-bond donors (Lipinski definition) is 0. The van der Waals surface area contributed by atoms with Crippen molar-refractivity contribution in [1.29, 1.82) is 0 Å². The Morgan fingerprint density at radius 3 is 2.15 bits per heavy atom. The number of hydrogen-bond acceptors (Lipinski definition) is 2. The molecule has 0 aromatic carbocycles. The van der Waals surface area contributed by atoms with Gasteiger partial charge in [0.25, 0.3) is 0 Å². The van der Waals surface area contributed by atoms with E-state index >= 15 is 0 Å². The standard InChI is InChI=1S/C11H24OS/c1-10(2)6-5-8-12-13-9-7-11(3)4/h10-11H,5-9H2,1-4H3. The topological polar surface area (TPSA) is 9.23 Å². The fourth-order valence-corrected chi connectivity index (χ4v) is 1.87. The molecule has 0 radical (unpaired) electrons. The van der Waals surface area contributed by atoms with E-state index in [1.54, 1.807) is 12.0 Å². The molecule has 1 nitrogen and oxygen atoms in total. The maximum Gasteiger partial charge on any atom is 0.0613 e. The molecule has 0 aromatic rings. The van der Waals surface area contributed by atoms with Crippen LogP contribution in [-0.4, -0.2) is 12.4 Å². The van der Waals surface area contributed by atoms with Crippen molar-refractivity contribution in [2.45, 2.75) is 47.0 Å². The highest BCUT2D eigenvalue weighted by atomic mass is 32.2. The van der Waals surface area contributed by atoms with E-state index in [0.29, 0.717) is 0 Å². The van der Waals surface area contributed by atoms with E-state index in [0.717, 1.165) is 24.2 Å². The summed E-state index contributed by atoms with van der Waals surface area (Å²) in [6.45, 7) is 9.93. The van der Waals surface area contributed by atoms with E-state index in [9.17, 15) is 0 Å². The van der Waals surface area contributed by atoms with Gasteiger partial charge in [0.15, 0.2) is 0 Å². The Morgan fingerprint density at radius 2 is 1.62 bits per heavy atom. The smallest absolute Gasteiger partial charge is 0.0613 e. The summed E-state index contributed by atoms with van der Waals surface area (Å²) in [5.41, 5.74) is 0. The Balaban J connectivity index is 2.92. The van der Waals surface area contributed by atoms with Gasteiger partial charge in [-0.1, -0.05) is 27.7 Å². The van der Waals surface area contributed by atoms with Gasteiger partial charge >= 0.3 is 0 Å². The highest BCUT2D eigenvalue weighted by Gasteiger charge is 1.96. The first-order chi connectivity index (χ1) is 6.13. The van der Waals surface area contributed by atoms with Gasteiger partial charge in [0.2, 0.25) is 0 Å². The first kappa shape index (κ1) is 13.3. The molecule has 0 saturated heterocycles. The summed E-state index contributed by atoms with van der Waals surface area (Å²) in [4.78, 5) is 0. The number of rotatable bonds is 8. The zero-order chi connectivity index (χ0) is 10.1. The predicted molar refractivity (Wildman–Crippen MR) is 61.9 cm³/mol. The molecule has 0 heterocycles. The molecular formula is C11H24OS. The van der Waals surface area contributed by atoms with Gasteiger partial charge in [-0.05, 0) is 43.1 Å². The quantitative estimate of drug-likeness (QED) is 0.434. The average molecular weight is 204 g/mol. The Bertz CT molecular complexity index is 90.3. The van der Waals surface area contributed by atoms with Crippen LogP contribution in [0.4, 0.5) is 0 Å². The lowest BCUT2D eigenvalue weighted by Crippen LogP contribution is -1.94. The molecule has 13 heavy (non-hydrogen) atoms. The highest BCUT2D eigenvalue weighted by Crippen LogP contribution is 2.11. The van der Waals surface area contributed by atoms with Gasteiger partial charge in [-0.3, -0.25) is 0 Å². The summed E-state index contributed by atoms with van der Waals surface area (Å²) in [5.74, 6) is 2.75. The molecule has 0 aliphatic carbocycles. The van der Waals surface area contributed by atoms with Crippen molar-refractivity contribution in [2.24, 2.45) is 11.8 Å². The summed E-state index contributed by atoms with van der Waals surface area (Å²) >= 11 is 1.63. The van der Waals surface area contributed by atoms with E-state index in [4.69, 9.17) is 4.18 Å². The maximum atomic E-state index is 5.45. The predicted octanol–water partition coefficient (Wildman–Crippen LogP) is 4.13. The third-order valence-electron chi connectivity index (χ3n) is 1.87. The van der Waals surface area contributed by atoms with Crippen LogP contribution in [0, 0.1) is 11.8 Å². The molecule has 80 valence electrons. The van der Waals surface area contributed by atoms with Crippen LogP contribution in [0.25, 0.3) is 0 Å². The zero-order valence-corrected chi connectivity index (χ0v) is 10.3. The third-order valence-corrected chi connectivity index (χ3v) is 2.61. The third kappa shape index (κ3) is 12.3. The molecule has 0 fully saturated rings. The van der Waals surface area contributed by atoms with E-state index < -0.39 is 0 Å². The second-order valence-electron chi connectivity index (χ2n) is 4.36. The molecule has 0 aliphatic rings. The lowest BCUT2D eigenvalue weighted by atomic mass is 10.1. The molecule has 0 bridgehead atoms. The van der Waals surface area contributed by atoms with Crippen LogP contribution in [0.1, 0.15) is 47.0 Å². The molecule has 0 aromatic heterocycles. The van der Waals surface area contributed by atoms with Gasteiger partial charge in [0.05, 0.1) is 6.61 Å². The molecule has 0 N–H and O–H groups in total. The molecule has 0 unspecified atom stereocenters. The largest absolute Gasteiger partial charge is 0.315 e. The Morgan fingerprint density at radius 1 is 1.00 bits per heavy atom. The molecule has 0 amide bonds. The molecule has 0 aliphatic heterocycles. The Hall–Kier alpha value is 0.310. The van der Waals surface area contributed by atoms with Crippen LogP contribution in [0.5, 0.6) is 0 Å². The lowest BCUT2D eigenvalue weighted by molar-refractivity contribution is 0.344. The van der Waals surface area contributed by atoms with Gasteiger partial charge in [-0.25, -0.2) is 0 Å². The van der Waals surface area contributed by atoms with Gasteiger partial charge in [0, 0.05) is 5.75 Å². The Kier molecular flexibility index (Phi) is 9.10. The average Bonchev–Trinajstić information content (AvgIpc) is 2.01. The molecule has 0 atom stereocenters. The van der Waals surface area contributed by atoms with Gasteiger partial charge in [0.1, 0.15) is 0 Å². The van der Waals surface area contributed by atoms with Crippen molar-refractivity contribution < 1.29 is 4.18 Å². The van der Waals surface area contributed by atoms with Crippen molar-refractivity contribution in [3.05, 3.63) is 0 Å². The zero-order valence-electron chi connectivity index (χ0n) is 9.51. The molecule has 0 spiro atoms. The Labute approximate surface area is 87.8 Å². The van der Waals surface area contributed by atoms with Crippen LogP contribution in [0.3, 0.4) is 0 Å². The van der Waals surface area contributed by atoms with Gasteiger partial charge in [-0.2, -0.15) is 0 Å². The summed E-state index contributed by atoms with van der Waals surface area (Å²) in [5, 5.41) is 0. The molecule has 2 heteroatoms. The summed E-state index contributed by atoms with van der Waals surface area (Å²) in [7, 11) is 0. The summed E-state index contributed by atoms with van der Waals surface area (Å²) in [6.07, 6.45) is 3.74. The monoisotopic (exact) mass is 204 g/mol. The second-order valence-corrected chi connectivity index (χ2v) is 5.24. The van der Waals surface area contributed by atoms with Gasteiger partial charge in [-0.15, -0.1) is 0 Å². The van der Waals surface area contributed by atoms with Crippen molar-refractivity contribution in [2.75, 3.05) is 12.4 Å². The van der Waals surface area contributed by atoms with E-state index in [-0.39, 0.29) is 0 Å². The van der Waals surface area contributed by atoms with Crippen LogP contribution in [-0.2, 0) is 4.18 Å². The van der Waals surface area contributed by atoms with Crippen LogP contribution in [0.15, 0.2) is 0 Å². The van der Waals surface area contributed by atoms with Crippen molar-refractivity contribution in [3.63, 3.8) is 0 Å². The highest BCUT2D eigenvalue weighted by molar-refractivity contribution is 7.94. The first-order valence-electron chi connectivity index (χ1n) is 5.37. The van der Waals surface area contributed by atoms with E-state index in [2.05, 4.69) is 27.7 Å². The fraction of sp³-hybridized carbons (Fsp3) is 1.00.